The number of benzene rings is 3. The highest BCUT2D eigenvalue weighted by Gasteiger charge is 2.14. The minimum atomic E-state index is -0.545. The lowest BCUT2D eigenvalue weighted by molar-refractivity contribution is -0.117. The van der Waals surface area contributed by atoms with Crippen LogP contribution in [0.25, 0.3) is 6.08 Å². The van der Waals surface area contributed by atoms with E-state index in [1.165, 1.54) is 0 Å². The minimum absolute atomic E-state index is 0.0640. The first-order valence-electron chi connectivity index (χ1n) is 10.3. The van der Waals surface area contributed by atoms with Gasteiger partial charge in [0.05, 0.1) is 13.3 Å². The van der Waals surface area contributed by atoms with Gasteiger partial charge in [-0.15, -0.1) is 0 Å². The average Bonchev–Trinajstić information content (AvgIpc) is 2.84. The summed E-state index contributed by atoms with van der Waals surface area (Å²) in [7, 11) is 5.50. The second-order valence-electron chi connectivity index (χ2n) is 7.34. The molecule has 0 unspecified atom stereocenters. The first-order chi connectivity index (χ1) is 16.0. The molecule has 0 saturated carbocycles. The Morgan fingerprint density at radius 1 is 0.879 bits per heavy atom. The summed E-state index contributed by atoms with van der Waals surface area (Å²) in [6.07, 6.45) is 3.12. The summed E-state index contributed by atoms with van der Waals surface area (Å²) in [6, 6.07) is 23.5. The van der Waals surface area contributed by atoms with Crippen LogP contribution in [0.5, 0.6) is 5.75 Å². The highest BCUT2D eigenvalue weighted by atomic mass is 16.5. The normalized spacial score (nSPS) is 11.2. The fourth-order valence-corrected chi connectivity index (χ4v) is 2.89. The van der Waals surface area contributed by atoms with Crippen molar-refractivity contribution in [2.45, 2.75) is 0 Å². The zero-order valence-corrected chi connectivity index (χ0v) is 18.8. The Hall–Kier alpha value is -4.39. The third kappa shape index (κ3) is 6.80. The molecular weight excluding hydrogens is 416 g/mol. The van der Waals surface area contributed by atoms with Gasteiger partial charge in [-0.25, -0.2) is 5.43 Å². The molecule has 0 aliphatic heterocycles. The molecule has 0 bridgehead atoms. The van der Waals surface area contributed by atoms with Crippen molar-refractivity contribution in [1.82, 2.24) is 10.7 Å². The van der Waals surface area contributed by atoms with Crippen LogP contribution in [0.2, 0.25) is 0 Å². The van der Waals surface area contributed by atoms with Gasteiger partial charge in [0.25, 0.3) is 11.8 Å². The molecule has 2 amide bonds. The van der Waals surface area contributed by atoms with E-state index >= 15 is 0 Å². The second kappa shape index (κ2) is 11.3. The molecule has 3 rings (SSSR count). The number of hydrazone groups is 1. The van der Waals surface area contributed by atoms with Crippen LogP contribution in [0.3, 0.4) is 0 Å². The lowest BCUT2D eigenvalue weighted by Gasteiger charge is -2.11. The lowest BCUT2D eigenvalue weighted by atomic mass is 10.1. The Bertz CT molecular complexity index is 1140. The number of methoxy groups -OCH3 is 1. The van der Waals surface area contributed by atoms with Gasteiger partial charge in [0.2, 0.25) is 0 Å². The molecule has 0 aliphatic carbocycles. The molecule has 0 fully saturated rings. The van der Waals surface area contributed by atoms with E-state index in [4.69, 9.17) is 4.74 Å². The number of nitrogens with one attached hydrogen (secondary N) is 2. The molecule has 33 heavy (non-hydrogen) atoms. The Kier molecular flexibility index (Phi) is 7.96. The maximum atomic E-state index is 12.8. The molecule has 7 heteroatoms. The summed E-state index contributed by atoms with van der Waals surface area (Å²) in [5.74, 6) is -0.249. The first kappa shape index (κ1) is 23.3. The van der Waals surface area contributed by atoms with Crippen molar-refractivity contribution in [2.24, 2.45) is 5.10 Å². The van der Waals surface area contributed by atoms with Crippen molar-refractivity contribution >= 4 is 29.8 Å². The molecule has 2 N–H and O–H groups in total. The van der Waals surface area contributed by atoms with Crippen LogP contribution in [0, 0.1) is 0 Å². The third-order valence-corrected chi connectivity index (χ3v) is 4.74. The molecule has 0 atom stereocenters. The first-order valence-corrected chi connectivity index (χ1v) is 10.3. The van der Waals surface area contributed by atoms with Crippen molar-refractivity contribution in [3.63, 3.8) is 0 Å². The van der Waals surface area contributed by atoms with Gasteiger partial charge < -0.3 is 15.0 Å². The monoisotopic (exact) mass is 442 g/mol. The summed E-state index contributed by atoms with van der Waals surface area (Å²) in [4.78, 5) is 27.5. The smallest absolute Gasteiger partial charge is 0.287 e. The SMILES string of the molecule is COc1ccc(C=C(NC(=O)c2ccccc2)C(=O)NN=Cc2ccc(N(C)C)cc2)cc1. The predicted molar refractivity (Wildman–Crippen MR) is 131 cm³/mol. The van der Waals surface area contributed by atoms with Gasteiger partial charge in [-0.2, -0.15) is 5.10 Å². The maximum Gasteiger partial charge on any atom is 0.287 e. The maximum absolute atomic E-state index is 12.8. The lowest BCUT2D eigenvalue weighted by Crippen LogP contribution is -2.32. The molecule has 0 saturated heterocycles. The number of carbonyl (C=O) groups is 2. The van der Waals surface area contributed by atoms with Crippen LogP contribution < -0.4 is 20.4 Å². The fourth-order valence-electron chi connectivity index (χ4n) is 2.89. The Morgan fingerprint density at radius 2 is 1.52 bits per heavy atom. The third-order valence-electron chi connectivity index (χ3n) is 4.74. The topological polar surface area (TPSA) is 83.0 Å². The summed E-state index contributed by atoms with van der Waals surface area (Å²) in [5, 5.41) is 6.71. The van der Waals surface area contributed by atoms with E-state index in [1.807, 2.05) is 49.3 Å². The predicted octanol–water partition coefficient (Wildman–Crippen LogP) is 3.68. The highest BCUT2D eigenvalue weighted by Crippen LogP contribution is 2.14. The number of rotatable bonds is 8. The molecule has 0 heterocycles. The zero-order chi connectivity index (χ0) is 23.6. The molecule has 0 radical (unpaired) electrons. The van der Waals surface area contributed by atoms with E-state index in [9.17, 15) is 9.59 Å². The molecule has 3 aromatic rings. The standard InChI is InChI=1S/C26H26N4O3/c1-30(2)22-13-9-20(10-14-22)18-27-29-26(32)24(17-19-11-15-23(33-3)16-12-19)28-25(31)21-7-5-4-6-8-21/h4-18H,1-3H3,(H,28,31)(H,29,32). The summed E-state index contributed by atoms with van der Waals surface area (Å²) >= 11 is 0. The summed E-state index contributed by atoms with van der Waals surface area (Å²) < 4.78 is 5.17. The molecule has 7 nitrogen and oxygen atoms in total. The largest absolute Gasteiger partial charge is 0.497 e. The molecule has 0 aliphatic rings. The molecular formula is C26H26N4O3. The van der Waals surface area contributed by atoms with Crippen LogP contribution in [0.4, 0.5) is 5.69 Å². The number of hydrogen-bond acceptors (Lipinski definition) is 5. The van der Waals surface area contributed by atoms with Crippen LogP contribution in [0.15, 0.2) is 89.7 Å². The molecule has 0 aromatic heterocycles. The number of amides is 2. The Balaban J connectivity index is 1.77. The Morgan fingerprint density at radius 3 is 2.12 bits per heavy atom. The van der Waals surface area contributed by atoms with Crippen molar-refractivity contribution in [2.75, 3.05) is 26.1 Å². The van der Waals surface area contributed by atoms with Crippen molar-refractivity contribution in [1.29, 1.82) is 0 Å². The van der Waals surface area contributed by atoms with Crippen molar-refractivity contribution < 1.29 is 14.3 Å². The second-order valence-corrected chi connectivity index (χ2v) is 7.34. The molecule has 0 spiro atoms. The molecule has 168 valence electrons. The van der Waals surface area contributed by atoms with Gasteiger partial charge in [-0.05, 0) is 53.6 Å². The van der Waals surface area contributed by atoms with Crippen LogP contribution in [-0.4, -0.2) is 39.2 Å². The number of hydrogen-bond donors (Lipinski definition) is 2. The number of ether oxygens (including phenoxy) is 1. The van der Waals surface area contributed by atoms with Gasteiger partial charge in [0, 0.05) is 25.3 Å². The van der Waals surface area contributed by atoms with Crippen molar-refractivity contribution in [3.05, 3.63) is 101 Å². The summed E-state index contributed by atoms with van der Waals surface area (Å²) in [5.41, 5.74) is 5.59. The van der Waals surface area contributed by atoms with Gasteiger partial charge in [-0.3, -0.25) is 9.59 Å². The highest BCUT2D eigenvalue weighted by molar-refractivity contribution is 6.05. The van der Waals surface area contributed by atoms with E-state index in [-0.39, 0.29) is 5.70 Å². The number of carbonyl (C=O) groups excluding carboxylic acids is 2. The van der Waals surface area contributed by atoms with E-state index in [1.54, 1.807) is 67.9 Å². The van der Waals surface area contributed by atoms with Crippen LogP contribution >= 0.6 is 0 Å². The van der Waals surface area contributed by atoms with Crippen LogP contribution in [-0.2, 0) is 4.79 Å². The van der Waals surface area contributed by atoms with Gasteiger partial charge in [-0.1, -0.05) is 42.5 Å². The van der Waals surface area contributed by atoms with E-state index < -0.39 is 11.8 Å². The Labute approximate surface area is 193 Å². The average molecular weight is 443 g/mol. The zero-order valence-electron chi connectivity index (χ0n) is 18.8. The quantitative estimate of drug-likeness (QED) is 0.317. The van der Waals surface area contributed by atoms with Gasteiger partial charge in [0.15, 0.2) is 0 Å². The number of nitrogens with zero attached hydrogens (tertiary/aromatic N) is 2. The van der Waals surface area contributed by atoms with Gasteiger partial charge >= 0.3 is 0 Å². The van der Waals surface area contributed by atoms with E-state index in [2.05, 4.69) is 15.8 Å². The van der Waals surface area contributed by atoms with E-state index in [0.717, 1.165) is 16.8 Å². The minimum Gasteiger partial charge on any atom is -0.497 e. The van der Waals surface area contributed by atoms with Crippen LogP contribution in [0.1, 0.15) is 21.5 Å². The van der Waals surface area contributed by atoms with E-state index in [0.29, 0.717) is 11.3 Å². The fraction of sp³-hybridized carbons (Fsp3) is 0.115. The molecule has 3 aromatic carbocycles. The summed E-state index contributed by atoms with van der Waals surface area (Å²) in [6.45, 7) is 0. The van der Waals surface area contributed by atoms with Gasteiger partial charge in [0.1, 0.15) is 11.4 Å². The van der Waals surface area contributed by atoms with Crippen molar-refractivity contribution in [3.8, 4) is 5.75 Å². The number of anilines is 1.